The Morgan fingerprint density at radius 2 is 2.19 bits per heavy atom. The number of nitrogens with two attached hydrogens (primary N) is 1. The summed E-state index contributed by atoms with van der Waals surface area (Å²) in [4.78, 5) is 18.8. The van der Waals surface area contributed by atoms with Gasteiger partial charge in [0.2, 0.25) is 0 Å². The first-order valence-corrected chi connectivity index (χ1v) is 5.61. The van der Waals surface area contributed by atoms with Gasteiger partial charge in [0.05, 0.1) is 5.39 Å². The van der Waals surface area contributed by atoms with Gasteiger partial charge in [-0.2, -0.15) is 14.8 Å². The number of benzene rings is 1. The van der Waals surface area contributed by atoms with Crippen molar-refractivity contribution in [3.63, 3.8) is 0 Å². The van der Waals surface area contributed by atoms with Crippen LogP contribution in [0.4, 0.5) is 13.6 Å². The maximum absolute atomic E-state index is 13.5. The zero-order valence-electron chi connectivity index (χ0n) is 10.2. The molecule has 1 amide bonds. The fourth-order valence-corrected chi connectivity index (χ4v) is 1.61. The molecule has 0 aliphatic carbocycles. The molecule has 2 N–H and O–H groups in total. The van der Waals surface area contributed by atoms with Crippen molar-refractivity contribution in [3.8, 4) is 11.8 Å². The third kappa shape index (κ3) is 2.36. The fourth-order valence-electron chi connectivity index (χ4n) is 1.61. The lowest BCUT2D eigenvalue weighted by atomic mass is 10.3. The number of aromatic nitrogens is 4. The number of primary amides is 1. The Balaban J connectivity index is 2.00. The second-order valence-electron chi connectivity index (χ2n) is 3.93. The van der Waals surface area contributed by atoms with Crippen LogP contribution in [-0.2, 0) is 0 Å². The molecule has 3 rings (SSSR count). The second-order valence-corrected chi connectivity index (χ2v) is 3.93. The molecule has 7 nitrogen and oxygen atoms in total. The molecular formula is C12H6F2N5O2. The predicted molar refractivity (Wildman–Crippen MR) is 65.6 cm³/mol. The van der Waals surface area contributed by atoms with E-state index in [1.165, 1.54) is 6.20 Å². The molecule has 2 aromatic heterocycles. The predicted octanol–water partition coefficient (Wildman–Crippen LogP) is 1.62. The molecule has 0 bridgehead atoms. The monoisotopic (exact) mass is 290 g/mol. The van der Waals surface area contributed by atoms with Crippen molar-refractivity contribution in [2.45, 2.75) is 0 Å². The third-order valence-corrected chi connectivity index (χ3v) is 2.52. The van der Waals surface area contributed by atoms with Crippen LogP contribution in [0.1, 0.15) is 0 Å². The number of amides is 1. The highest BCUT2D eigenvalue weighted by Crippen LogP contribution is 2.23. The average Bonchev–Trinajstić information content (AvgIpc) is 2.85. The van der Waals surface area contributed by atoms with Crippen LogP contribution in [0.25, 0.3) is 11.0 Å². The third-order valence-electron chi connectivity index (χ3n) is 2.52. The summed E-state index contributed by atoms with van der Waals surface area (Å²) in [6.07, 6.45) is 3.77. The number of carbonyl (C=O) groups excluding carboxylic acids is 1. The van der Waals surface area contributed by atoms with Crippen LogP contribution in [0, 0.1) is 17.8 Å². The molecule has 0 unspecified atom stereocenters. The van der Waals surface area contributed by atoms with Crippen molar-refractivity contribution in [2.24, 2.45) is 5.73 Å². The Hall–Kier alpha value is -3.10. The zero-order valence-corrected chi connectivity index (χ0v) is 10.2. The van der Waals surface area contributed by atoms with Crippen molar-refractivity contribution >= 4 is 17.1 Å². The highest BCUT2D eigenvalue weighted by molar-refractivity contribution is 5.85. The molecule has 105 valence electrons. The SMILES string of the molecule is NC(=O)n1n[c]c2cnc(Oc3ccc(F)cc3F)nc21. The minimum absolute atomic E-state index is 0.0648. The number of rotatable bonds is 2. The lowest BCUT2D eigenvalue weighted by molar-refractivity contribution is 0.248. The average molecular weight is 290 g/mol. The van der Waals surface area contributed by atoms with Gasteiger partial charge in [-0.25, -0.2) is 18.6 Å². The van der Waals surface area contributed by atoms with E-state index in [9.17, 15) is 13.6 Å². The van der Waals surface area contributed by atoms with Crippen LogP contribution < -0.4 is 10.5 Å². The summed E-state index contributed by atoms with van der Waals surface area (Å²) >= 11 is 0. The van der Waals surface area contributed by atoms with E-state index in [1.54, 1.807) is 0 Å². The van der Waals surface area contributed by atoms with E-state index in [1.807, 2.05) is 0 Å². The summed E-state index contributed by atoms with van der Waals surface area (Å²) in [5.41, 5.74) is 5.17. The Labute approximate surface area is 116 Å². The molecule has 0 atom stereocenters. The molecule has 0 spiro atoms. The number of hydrogen-bond acceptors (Lipinski definition) is 5. The van der Waals surface area contributed by atoms with E-state index in [-0.39, 0.29) is 17.4 Å². The lowest BCUT2D eigenvalue weighted by Gasteiger charge is -2.05. The Bertz CT molecular complexity index is 849. The van der Waals surface area contributed by atoms with Crippen LogP contribution in [0.2, 0.25) is 0 Å². The quantitative estimate of drug-likeness (QED) is 0.773. The van der Waals surface area contributed by atoms with E-state index in [4.69, 9.17) is 10.5 Å². The van der Waals surface area contributed by atoms with Crippen molar-refractivity contribution in [1.82, 2.24) is 19.7 Å². The minimum atomic E-state index is -0.909. The molecule has 0 saturated heterocycles. The molecule has 0 saturated carbocycles. The molecular weight excluding hydrogens is 284 g/mol. The smallest absolute Gasteiger partial charge is 0.341 e. The molecule has 0 aliphatic heterocycles. The van der Waals surface area contributed by atoms with E-state index in [0.717, 1.165) is 16.8 Å². The minimum Gasteiger partial charge on any atom is -0.421 e. The van der Waals surface area contributed by atoms with Gasteiger partial charge >= 0.3 is 12.0 Å². The first-order valence-electron chi connectivity index (χ1n) is 5.61. The summed E-state index contributed by atoms with van der Waals surface area (Å²) in [5, 5.41) is 3.94. The maximum Gasteiger partial charge on any atom is 0.341 e. The van der Waals surface area contributed by atoms with Gasteiger partial charge in [0.25, 0.3) is 0 Å². The van der Waals surface area contributed by atoms with Gasteiger partial charge in [0, 0.05) is 12.3 Å². The van der Waals surface area contributed by atoms with Crippen molar-refractivity contribution in [3.05, 3.63) is 42.2 Å². The Morgan fingerprint density at radius 1 is 1.38 bits per heavy atom. The van der Waals surface area contributed by atoms with Crippen LogP contribution in [0.15, 0.2) is 24.4 Å². The second kappa shape index (κ2) is 4.78. The van der Waals surface area contributed by atoms with Gasteiger partial charge in [-0.05, 0) is 12.1 Å². The highest BCUT2D eigenvalue weighted by Gasteiger charge is 2.13. The van der Waals surface area contributed by atoms with Crippen molar-refractivity contribution in [1.29, 1.82) is 0 Å². The first kappa shape index (κ1) is 12.9. The molecule has 2 heterocycles. The van der Waals surface area contributed by atoms with Gasteiger partial charge in [-0.1, -0.05) is 0 Å². The summed E-state index contributed by atoms with van der Waals surface area (Å²) < 4.78 is 32.2. The largest absolute Gasteiger partial charge is 0.421 e. The summed E-state index contributed by atoms with van der Waals surface area (Å²) in [5.74, 6) is -1.91. The fraction of sp³-hybridized carbons (Fsp3) is 0. The Morgan fingerprint density at radius 3 is 2.90 bits per heavy atom. The Kier molecular flexibility index (Phi) is 2.94. The first-order chi connectivity index (χ1) is 10.0. The molecule has 1 aromatic carbocycles. The standard InChI is InChI=1S/C12H6F2N5O2/c13-7-1-2-9(8(14)3-7)21-12-16-4-6-5-17-19(11(15)20)10(6)18-12/h1-4H,(H2,15,20). The topological polar surface area (TPSA) is 95.9 Å². The maximum atomic E-state index is 13.5. The molecule has 21 heavy (non-hydrogen) atoms. The molecule has 1 radical (unpaired) electrons. The van der Waals surface area contributed by atoms with Crippen LogP contribution >= 0.6 is 0 Å². The number of hydrogen-bond donors (Lipinski definition) is 1. The van der Waals surface area contributed by atoms with E-state index < -0.39 is 17.7 Å². The number of ether oxygens (including phenoxy) is 1. The van der Waals surface area contributed by atoms with Gasteiger partial charge in [0.15, 0.2) is 17.2 Å². The zero-order chi connectivity index (χ0) is 15.0. The molecule has 0 aliphatic rings. The van der Waals surface area contributed by atoms with Gasteiger partial charge in [-0.3, -0.25) is 0 Å². The normalized spacial score (nSPS) is 10.8. The highest BCUT2D eigenvalue weighted by atomic mass is 19.1. The molecule has 9 heteroatoms. The number of fused-ring (bicyclic) bond motifs is 1. The van der Waals surface area contributed by atoms with Crippen LogP contribution in [0.5, 0.6) is 11.8 Å². The molecule has 0 fully saturated rings. The lowest BCUT2D eigenvalue weighted by Crippen LogP contribution is -2.21. The molecule has 3 aromatic rings. The number of nitrogens with zero attached hydrogens (tertiary/aromatic N) is 4. The van der Waals surface area contributed by atoms with E-state index in [0.29, 0.717) is 11.5 Å². The number of halogens is 2. The van der Waals surface area contributed by atoms with Gasteiger partial charge < -0.3 is 10.5 Å². The van der Waals surface area contributed by atoms with E-state index in [2.05, 4.69) is 21.3 Å². The summed E-state index contributed by atoms with van der Waals surface area (Å²) in [7, 11) is 0. The van der Waals surface area contributed by atoms with Gasteiger partial charge in [0.1, 0.15) is 12.0 Å². The number of carbonyl (C=O) groups is 1. The van der Waals surface area contributed by atoms with Crippen molar-refractivity contribution in [2.75, 3.05) is 0 Å². The van der Waals surface area contributed by atoms with Crippen molar-refractivity contribution < 1.29 is 18.3 Å². The summed E-state index contributed by atoms with van der Waals surface area (Å²) in [6, 6.07) is 1.67. The van der Waals surface area contributed by atoms with Crippen LogP contribution in [-0.4, -0.2) is 25.8 Å². The summed E-state index contributed by atoms with van der Waals surface area (Å²) in [6.45, 7) is 0. The van der Waals surface area contributed by atoms with Crippen LogP contribution in [0.3, 0.4) is 0 Å². The van der Waals surface area contributed by atoms with Gasteiger partial charge in [-0.15, -0.1) is 0 Å². The van der Waals surface area contributed by atoms with E-state index >= 15 is 0 Å².